The molecule has 2 aliphatic rings. The van der Waals surface area contributed by atoms with E-state index in [1.54, 1.807) is 0 Å². The van der Waals surface area contributed by atoms with Gasteiger partial charge >= 0.3 is 0 Å². The second-order valence-corrected chi connectivity index (χ2v) is 10.0. The number of halogens is 4. The predicted octanol–water partition coefficient (Wildman–Crippen LogP) is 5.02. The van der Waals surface area contributed by atoms with Gasteiger partial charge < -0.3 is 10.2 Å². The van der Waals surface area contributed by atoms with Crippen LogP contribution in [0.3, 0.4) is 0 Å². The zero-order chi connectivity index (χ0) is 20.6. The largest absolute Gasteiger partial charge is 0.337 e. The summed E-state index contributed by atoms with van der Waals surface area (Å²) in [5.41, 5.74) is 3.25. The highest BCUT2D eigenvalue weighted by Crippen LogP contribution is 2.38. The summed E-state index contributed by atoms with van der Waals surface area (Å²) in [5, 5.41) is 3.43. The van der Waals surface area contributed by atoms with E-state index in [1.165, 1.54) is 11.1 Å². The molecule has 1 aliphatic carbocycles. The van der Waals surface area contributed by atoms with E-state index in [9.17, 15) is 4.79 Å². The van der Waals surface area contributed by atoms with Crippen molar-refractivity contribution in [2.45, 2.75) is 31.3 Å². The highest BCUT2D eigenvalue weighted by Gasteiger charge is 2.50. The lowest BCUT2D eigenvalue weighted by atomic mass is 9.89. The summed E-state index contributed by atoms with van der Waals surface area (Å²) in [7, 11) is 1.95. The van der Waals surface area contributed by atoms with Crippen LogP contribution in [0.5, 0.6) is 0 Å². The van der Waals surface area contributed by atoms with E-state index in [0.717, 1.165) is 53.5 Å². The third kappa shape index (κ3) is 5.31. The van der Waals surface area contributed by atoms with Crippen molar-refractivity contribution >= 4 is 62.6 Å². The van der Waals surface area contributed by atoms with Crippen LogP contribution in [0.1, 0.15) is 29.7 Å². The first-order chi connectivity index (χ1) is 13.9. The standard InChI is InChI=1S/C23H27Br2N3O.2ClH/c1-16(19-11-20(24)13-21(25)12-19)27(2)22(29)23(28-9-7-26-8-10-28)14-17-5-3-4-6-18(17)15-23;;/h3-6,11-13,16,26H,7-10,14-15H2,1-2H3;2*1H. The van der Waals surface area contributed by atoms with Crippen molar-refractivity contribution < 1.29 is 4.79 Å². The van der Waals surface area contributed by atoms with Gasteiger partial charge in [0.2, 0.25) is 5.91 Å². The molecule has 0 bridgehead atoms. The maximum Gasteiger partial charge on any atom is 0.244 e. The molecule has 2 aromatic carbocycles. The summed E-state index contributed by atoms with van der Waals surface area (Å²) in [4.78, 5) is 18.4. The maximum absolute atomic E-state index is 14.1. The molecule has 2 aromatic rings. The van der Waals surface area contributed by atoms with Gasteiger partial charge in [0.05, 0.1) is 6.04 Å². The molecule has 1 saturated heterocycles. The van der Waals surface area contributed by atoms with Gasteiger partial charge in [-0.15, -0.1) is 24.8 Å². The average Bonchev–Trinajstić information content (AvgIpc) is 3.13. The van der Waals surface area contributed by atoms with E-state index >= 15 is 0 Å². The van der Waals surface area contributed by atoms with E-state index in [0.29, 0.717) is 0 Å². The second-order valence-electron chi connectivity index (χ2n) is 8.19. The molecule has 170 valence electrons. The van der Waals surface area contributed by atoms with Crippen LogP contribution in [-0.4, -0.2) is 54.5 Å². The van der Waals surface area contributed by atoms with Crippen LogP contribution in [0.2, 0.25) is 0 Å². The number of carbonyl (C=O) groups excluding carboxylic acids is 1. The van der Waals surface area contributed by atoms with E-state index in [4.69, 9.17) is 0 Å². The topological polar surface area (TPSA) is 35.6 Å². The highest BCUT2D eigenvalue weighted by atomic mass is 79.9. The fourth-order valence-corrected chi connectivity index (χ4v) is 6.07. The molecule has 0 saturated carbocycles. The lowest BCUT2D eigenvalue weighted by Crippen LogP contribution is -2.64. The number of piperazine rings is 1. The Morgan fingerprint density at radius 1 is 1.03 bits per heavy atom. The van der Waals surface area contributed by atoms with Gasteiger partial charge in [0, 0.05) is 55.0 Å². The zero-order valence-electron chi connectivity index (χ0n) is 17.7. The number of carbonyl (C=O) groups is 1. The smallest absolute Gasteiger partial charge is 0.244 e. The quantitative estimate of drug-likeness (QED) is 0.541. The molecule has 1 heterocycles. The van der Waals surface area contributed by atoms with Crippen LogP contribution in [-0.2, 0) is 17.6 Å². The molecule has 8 heteroatoms. The molecule has 1 unspecified atom stereocenters. The third-order valence-electron chi connectivity index (χ3n) is 6.47. The molecular weight excluding hydrogens is 565 g/mol. The SMILES string of the molecule is CC(c1cc(Br)cc(Br)c1)N(C)C(=O)C1(N2CCNCC2)Cc2ccccc2C1.Cl.Cl. The molecule has 1 N–H and O–H groups in total. The summed E-state index contributed by atoms with van der Waals surface area (Å²) in [6, 6.07) is 14.7. The Bertz CT molecular complexity index is 876. The average molecular weight is 594 g/mol. The predicted molar refractivity (Wildman–Crippen MR) is 139 cm³/mol. The van der Waals surface area contributed by atoms with E-state index in [-0.39, 0.29) is 36.8 Å². The van der Waals surface area contributed by atoms with Gasteiger partial charge in [0.25, 0.3) is 0 Å². The van der Waals surface area contributed by atoms with Crippen molar-refractivity contribution in [3.63, 3.8) is 0 Å². The summed E-state index contributed by atoms with van der Waals surface area (Å²) >= 11 is 7.16. The lowest BCUT2D eigenvalue weighted by Gasteiger charge is -2.45. The molecule has 4 rings (SSSR count). The minimum Gasteiger partial charge on any atom is -0.337 e. The van der Waals surface area contributed by atoms with Gasteiger partial charge in [0.1, 0.15) is 5.54 Å². The van der Waals surface area contributed by atoms with Crippen LogP contribution in [0.4, 0.5) is 0 Å². The monoisotopic (exact) mass is 591 g/mol. The number of hydrogen-bond acceptors (Lipinski definition) is 3. The van der Waals surface area contributed by atoms with Gasteiger partial charge in [-0.25, -0.2) is 0 Å². The number of nitrogens with zero attached hydrogens (tertiary/aromatic N) is 2. The first-order valence-corrected chi connectivity index (χ1v) is 11.7. The number of benzene rings is 2. The van der Waals surface area contributed by atoms with Crippen molar-refractivity contribution in [1.82, 2.24) is 15.1 Å². The molecule has 1 fully saturated rings. The molecule has 0 aromatic heterocycles. The molecule has 4 nitrogen and oxygen atoms in total. The Morgan fingerprint density at radius 2 is 1.55 bits per heavy atom. The number of likely N-dealkylation sites (N-methyl/N-ethyl adjacent to an activating group) is 1. The molecule has 0 radical (unpaired) electrons. The number of rotatable bonds is 4. The molecule has 1 amide bonds. The van der Waals surface area contributed by atoms with Gasteiger partial charge in [-0.2, -0.15) is 0 Å². The Morgan fingerprint density at radius 3 is 2.06 bits per heavy atom. The summed E-state index contributed by atoms with van der Waals surface area (Å²) in [6.07, 6.45) is 1.59. The van der Waals surface area contributed by atoms with Crippen LogP contribution < -0.4 is 5.32 Å². The minimum atomic E-state index is -0.488. The second kappa shape index (κ2) is 11.0. The molecule has 1 aliphatic heterocycles. The van der Waals surface area contributed by atoms with Crippen LogP contribution in [0, 0.1) is 0 Å². The van der Waals surface area contributed by atoms with Crippen LogP contribution >= 0.6 is 56.7 Å². The van der Waals surface area contributed by atoms with Crippen LogP contribution in [0.25, 0.3) is 0 Å². The zero-order valence-corrected chi connectivity index (χ0v) is 22.5. The van der Waals surface area contributed by atoms with Gasteiger partial charge in [-0.05, 0) is 41.8 Å². The van der Waals surface area contributed by atoms with Gasteiger partial charge in [-0.3, -0.25) is 9.69 Å². The third-order valence-corrected chi connectivity index (χ3v) is 7.39. The summed E-state index contributed by atoms with van der Waals surface area (Å²) in [5.74, 6) is 0.221. The van der Waals surface area contributed by atoms with Crippen molar-refractivity contribution in [2.24, 2.45) is 0 Å². The normalized spacial score (nSPS) is 18.3. The lowest BCUT2D eigenvalue weighted by molar-refractivity contribution is -0.145. The molecule has 1 atom stereocenters. The molecule has 0 spiro atoms. The maximum atomic E-state index is 14.1. The summed E-state index contributed by atoms with van der Waals surface area (Å²) in [6.45, 7) is 5.79. The van der Waals surface area contributed by atoms with Gasteiger partial charge in [-0.1, -0.05) is 56.1 Å². The van der Waals surface area contributed by atoms with Crippen molar-refractivity contribution in [3.05, 3.63) is 68.1 Å². The first kappa shape index (κ1) is 26.6. The number of amides is 1. The molecule has 31 heavy (non-hydrogen) atoms. The fraction of sp³-hybridized carbons (Fsp3) is 0.435. The summed E-state index contributed by atoms with van der Waals surface area (Å²) < 4.78 is 2.03. The number of hydrogen-bond donors (Lipinski definition) is 1. The first-order valence-electron chi connectivity index (χ1n) is 10.2. The highest BCUT2D eigenvalue weighted by molar-refractivity contribution is 9.11. The molecular formula is C23H29Br2Cl2N3O. The van der Waals surface area contributed by atoms with E-state index < -0.39 is 5.54 Å². The number of nitrogens with one attached hydrogen (secondary N) is 1. The van der Waals surface area contributed by atoms with Crippen LogP contribution in [0.15, 0.2) is 51.4 Å². The fourth-order valence-electron chi connectivity index (χ4n) is 4.74. The minimum absolute atomic E-state index is 0. The van der Waals surface area contributed by atoms with Gasteiger partial charge in [0.15, 0.2) is 0 Å². The van der Waals surface area contributed by atoms with E-state index in [2.05, 4.69) is 85.4 Å². The Labute approximate surface area is 214 Å². The number of fused-ring (bicyclic) bond motifs is 1. The Kier molecular flexibility index (Phi) is 9.44. The van der Waals surface area contributed by atoms with Crippen molar-refractivity contribution in [1.29, 1.82) is 0 Å². The van der Waals surface area contributed by atoms with Crippen molar-refractivity contribution in [2.75, 3.05) is 33.2 Å². The Hall–Kier alpha value is -0.630. The van der Waals surface area contributed by atoms with Crippen molar-refractivity contribution in [3.8, 4) is 0 Å². The Balaban J connectivity index is 0.00000171. The van der Waals surface area contributed by atoms with E-state index in [1.807, 2.05) is 18.0 Å².